The lowest BCUT2D eigenvalue weighted by Crippen LogP contribution is -2.46. The van der Waals surface area contributed by atoms with E-state index in [1.807, 2.05) is 20.8 Å². The molecular formula is C17H23FN2O2. The number of hydrogen-bond donors (Lipinski definition) is 1. The number of nitrogens with one attached hydrogen (secondary N) is 1. The van der Waals surface area contributed by atoms with Gasteiger partial charge in [0.25, 0.3) is 0 Å². The lowest BCUT2D eigenvalue weighted by molar-refractivity contribution is -0.131. The smallest absolute Gasteiger partial charge is 0.247 e. The molecule has 0 aliphatic rings. The summed E-state index contributed by atoms with van der Waals surface area (Å²) >= 11 is 0. The van der Waals surface area contributed by atoms with Gasteiger partial charge in [0.2, 0.25) is 11.8 Å². The van der Waals surface area contributed by atoms with Crippen molar-refractivity contribution in [2.45, 2.75) is 33.2 Å². The van der Waals surface area contributed by atoms with Crippen LogP contribution in [0.2, 0.25) is 0 Å². The van der Waals surface area contributed by atoms with Gasteiger partial charge in [0.05, 0.1) is 6.54 Å². The van der Waals surface area contributed by atoms with Crippen molar-refractivity contribution in [3.63, 3.8) is 0 Å². The first-order valence-electron chi connectivity index (χ1n) is 7.09. The topological polar surface area (TPSA) is 49.4 Å². The molecule has 0 unspecified atom stereocenters. The fourth-order valence-corrected chi connectivity index (χ4v) is 1.84. The minimum Gasteiger partial charge on any atom is -0.350 e. The highest BCUT2D eigenvalue weighted by Crippen LogP contribution is 2.14. The highest BCUT2D eigenvalue weighted by molar-refractivity contribution is 5.96. The maximum Gasteiger partial charge on any atom is 0.247 e. The Balaban J connectivity index is 2.68. The standard InChI is InChI=1S/C17H23FN2O2/c1-12(13-6-8-14(18)9-7-13)10-16(22)20(5)11-15(21)19-17(2,3)4/h6-10H,11H2,1-5H3,(H,19,21)/b12-10+. The Labute approximate surface area is 131 Å². The molecule has 22 heavy (non-hydrogen) atoms. The van der Waals surface area contributed by atoms with Crippen LogP contribution in [-0.4, -0.2) is 35.8 Å². The van der Waals surface area contributed by atoms with E-state index in [0.717, 1.165) is 5.56 Å². The Bertz CT molecular complexity index is 571. The highest BCUT2D eigenvalue weighted by atomic mass is 19.1. The van der Waals surface area contributed by atoms with Crippen LogP contribution < -0.4 is 5.32 Å². The third kappa shape index (κ3) is 6.08. The molecule has 0 bridgehead atoms. The van der Waals surface area contributed by atoms with Crippen LogP contribution >= 0.6 is 0 Å². The Morgan fingerprint density at radius 1 is 1.23 bits per heavy atom. The van der Waals surface area contributed by atoms with E-state index in [4.69, 9.17) is 0 Å². The summed E-state index contributed by atoms with van der Waals surface area (Å²) in [5, 5.41) is 2.80. The number of benzene rings is 1. The first-order chi connectivity index (χ1) is 10.1. The molecule has 1 aromatic rings. The second-order valence-corrected chi connectivity index (χ2v) is 6.33. The van der Waals surface area contributed by atoms with Crippen molar-refractivity contribution < 1.29 is 14.0 Å². The summed E-state index contributed by atoms with van der Waals surface area (Å²) in [6, 6.07) is 5.91. The summed E-state index contributed by atoms with van der Waals surface area (Å²) in [4.78, 5) is 25.2. The number of amides is 2. The molecule has 0 fully saturated rings. The van der Waals surface area contributed by atoms with Gasteiger partial charge in [0, 0.05) is 18.7 Å². The minimum absolute atomic E-state index is 0.0106. The molecule has 0 heterocycles. The average Bonchev–Trinajstić information content (AvgIpc) is 2.36. The van der Waals surface area contributed by atoms with Gasteiger partial charge in [-0.25, -0.2) is 4.39 Å². The number of rotatable bonds is 4. The van der Waals surface area contributed by atoms with Gasteiger partial charge >= 0.3 is 0 Å². The second-order valence-electron chi connectivity index (χ2n) is 6.33. The zero-order valence-corrected chi connectivity index (χ0v) is 13.7. The van der Waals surface area contributed by atoms with Crippen LogP contribution in [-0.2, 0) is 9.59 Å². The second kappa shape index (κ2) is 7.20. The number of nitrogens with zero attached hydrogens (tertiary/aromatic N) is 1. The summed E-state index contributed by atoms with van der Waals surface area (Å²) in [6.45, 7) is 7.40. The number of hydrogen-bond acceptors (Lipinski definition) is 2. The van der Waals surface area contributed by atoms with Crippen LogP contribution in [0.3, 0.4) is 0 Å². The maximum absolute atomic E-state index is 12.9. The van der Waals surface area contributed by atoms with E-state index in [1.165, 1.54) is 23.1 Å². The van der Waals surface area contributed by atoms with Gasteiger partial charge in [-0.1, -0.05) is 12.1 Å². The number of likely N-dealkylation sites (N-methyl/N-ethyl adjacent to an activating group) is 1. The molecule has 0 saturated heterocycles. The van der Waals surface area contributed by atoms with Gasteiger partial charge < -0.3 is 10.2 Å². The Hall–Kier alpha value is -2.17. The van der Waals surface area contributed by atoms with Crippen molar-refractivity contribution in [3.8, 4) is 0 Å². The van der Waals surface area contributed by atoms with Crippen LogP contribution in [0.15, 0.2) is 30.3 Å². The fourth-order valence-electron chi connectivity index (χ4n) is 1.84. The third-order valence-electron chi connectivity index (χ3n) is 2.91. The molecule has 120 valence electrons. The van der Waals surface area contributed by atoms with Crippen molar-refractivity contribution in [1.82, 2.24) is 10.2 Å². The molecule has 0 radical (unpaired) electrons. The summed E-state index contributed by atoms with van der Waals surface area (Å²) in [6.07, 6.45) is 1.44. The van der Waals surface area contributed by atoms with E-state index in [0.29, 0.717) is 5.57 Å². The van der Waals surface area contributed by atoms with Crippen molar-refractivity contribution in [2.75, 3.05) is 13.6 Å². The number of halogens is 1. The Kier molecular flexibility index (Phi) is 5.85. The molecule has 2 amide bonds. The number of allylic oxidation sites excluding steroid dienone is 1. The van der Waals surface area contributed by atoms with E-state index in [2.05, 4.69) is 5.32 Å². The summed E-state index contributed by atoms with van der Waals surface area (Å²) in [7, 11) is 1.57. The zero-order valence-electron chi connectivity index (χ0n) is 13.7. The zero-order chi connectivity index (χ0) is 16.9. The summed E-state index contributed by atoms with van der Waals surface area (Å²) < 4.78 is 12.9. The molecule has 1 N–H and O–H groups in total. The molecule has 0 atom stereocenters. The van der Waals surface area contributed by atoms with Crippen molar-refractivity contribution >= 4 is 17.4 Å². The molecule has 0 aliphatic heterocycles. The predicted octanol–water partition coefficient (Wildman–Crippen LogP) is 2.60. The molecule has 4 nitrogen and oxygen atoms in total. The SMILES string of the molecule is C/C(=C\C(=O)N(C)CC(=O)NC(C)(C)C)c1ccc(F)cc1. The lowest BCUT2D eigenvalue weighted by Gasteiger charge is -2.23. The predicted molar refractivity (Wildman–Crippen MR) is 85.6 cm³/mol. The first-order valence-corrected chi connectivity index (χ1v) is 7.09. The molecule has 0 saturated carbocycles. The van der Waals surface area contributed by atoms with Crippen LogP contribution in [0, 0.1) is 5.82 Å². The molecule has 0 aromatic heterocycles. The molecule has 0 aliphatic carbocycles. The monoisotopic (exact) mass is 306 g/mol. The van der Waals surface area contributed by atoms with Gasteiger partial charge in [0.15, 0.2) is 0 Å². The van der Waals surface area contributed by atoms with Gasteiger partial charge in [-0.2, -0.15) is 0 Å². The van der Waals surface area contributed by atoms with Crippen molar-refractivity contribution in [3.05, 3.63) is 41.7 Å². The van der Waals surface area contributed by atoms with Crippen LogP contribution in [0.1, 0.15) is 33.3 Å². The quantitative estimate of drug-likeness (QED) is 0.869. The molecular weight excluding hydrogens is 283 g/mol. The van der Waals surface area contributed by atoms with Gasteiger partial charge in [-0.15, -0.1) is 0 Å². The molecule has 5 heteroatoms. The lowest BCUT2D eigenvalue weighted by atomic mass is 10.1. The van der Waals surface area contributed by atoms with Crippen LogP contribution in [0.5, 0.6) is 0 Å². The van der Waals surface area contributed by atoms with E-state index < -0.39 is 0 Å². The first kappa shape index (κ1) is 17.9. The number of carbonyl (C=O) groups excluding carboxylic acids is 2. The fraction of sp³-hybridized carbons (Fsp3) is 0.412. The Morgan fingerprint density at radius 2 is 1.77 bits per heavy atom. The average molecular weight is 306 g/mol. The largest absolute Gasteiger partial charge is 0.350 e. The van der Waals surface area contributed by atoms with Crippen molar-refractivity contribution in [2.24, 2.45) is 0 Å². The maximum atomic E-state index is 12.9. The van der Waals surface area contributed by atoms with E-state index in [1.54, 1.807) is 26.1 Å². The number of carbonyl (C=O) groups is 2. The normalized spacial score (nSPS) is 12.0. The van der Waals surface area contributed by atoms with Gasteiger partial charge in [-0.3, -0.25) is 9.59 Å². The summed E-state index contributed by atoms with van der Waals surface area (Å²) in [5.74, 6) is -0.805. The van der Waals surface area contributed by atoms with E-state index in [-0.39, 0.29) is 29.7 Å². The highest BCUT2D eigenvalue weighted by Gasteiger charge is 2.17. The molecule has 1 rings (SSSR count). The minimum atomic E-state index is -0.333. The van der Waals surface area contributed by atoms with Crippen LogP contribution in [0.25, 0.3) is 5.57 Å². The van der Waals surface area contributed by atoms with Gasteiger partial charge in [-0.05, 0) is 51.0 Å². The third-order valence-corrected chi connectivity index (χ3v) is 2.91. The molecule has 1 aromatic carbocycles. The van der Waals surface area contributed by atoms with Gasteiger partial charge in [0.1, 0.15) is 5.82 Å². The van der Waals surface area contributed by atoms with Crippen molar-refractivity contribution in [1.29, 1.82) is 0 Å². The van der Waals surface area contributed by atoms with Crippen LogP contribution in [0.4, 0.5) is 4.39 Å². The van der Waals surface area contributed by atoms with E-state index in [9.17, 15) is 14.0 Å². The molecule has 0 spiro atoms. The van der Waals surface area contributed by atoms with E-state index >= 15 is 0 Å². The summed E-state index contributed by atoms with van der Waals surface area (Å²) in [5.41, 5.74) is 1.15. The Morgan fingerprint density at radius 3 is 2.27 bits per heavy atom.